The molecule has 0 radical (unpaired) electrons. The molecular weight excluding hydrogens is 322 g/mol. The van der Waals surface area contributed by atoms with E-state index >= 15 is 0 Å². The molecule has 0 aromatic heterocycles. The summed E-state index contributed by atoms with van der Waals surface area (Å²) < 4.78 is 16.1. The summed E-state index contributed by atoms with van der Waals surface area (Å²) in [7, 11) is 0. The molecule has 1 amide bonds. The van der Waals surface area contributed by atoms with Gasteiger partial charge in [0.05, 0.1) is 6.61 Å². The van der Waals surface area contributed by atoms with Gasteiger partial charge in [-0.25, -0.2) is 9.59 Å². The third kappa shape index (κ3) is 4.12. The van der Waals surface area contributed by atoms with Gasteiger partial charge < -0.3 is 14.2 Å². The highest BCUT2D eigenvalue weighted by Crippen LogP contribution is 2.43. The summed E-state index contributed by atoms with van der Waals surface area (Å²) in [5.41, 5.74) is 0.852. The van der Waals surface area contributed by atoms with Crippen LogP contribution in [0.15, 0.2) is 30.3 Å². The van der Waals surface area contributed by atoms with E-state index in [-0.39, 0.29) is 18.0 Å². The summed E-state index contributed by atoms with van der Waals surface area (Å²) in [6.07, 6.45) is 1.87. The van der Waals surface area contributed by atoms with E-state index in [0.29, 0.717) is 32.8 Å². The Labute approximate surface area is 148 Å². The molecule has 0 aliphatic carbocycles. The molecule has 2 aliphatic rings. The van der Waals surface area contributed by atoms with Crippen LogP contribution < -0.4 is 0 Å². The average Bonchev–Trinajstić information content (AvgIpc) is 3.00. The fourth-order valence-corrected chi connectivity index (χ4v) is 3.67. The monoisotopic (exact) mass is 347 g/mol. The number of esters is 1. The normalized spacial score (nSPS) is 22.0. The topological polar surface area (TPSA) is 65.1 Å². The van der Waals surface area contributed by atoms with Crippen molar-refractivity contribution in [3.05, 3.63) is 35.9 Å². The number of nitrogens with zero attached hydrogens (tertiary/aromatic N) is 1. The van der Waals surface area contributed by atoms with E-state index in [0.717, 1.165) is 18.4 Å². The van der Waals surface area contributed by atoms with Crippen LogP contribution in [0.1, 0.15) is 31.7 Å². The number of ether oxygens (including phenoxy) is 3. The van der Waals surface area contributed by atoms with Crippen LogP contribution in [0, 0.1) is 5.41 Å². The highest BCUT2D eigenvalue weighted by molar-refractivity contribution is 5.82. The zero-order valence-corrected chi connectivity index (χ0v) is 14.6. The van der Waals surface area contributed by atoms with Gasteiger partial charge in [0.1, 0.15) is 12.6 Å². The third-order valence-electron chi connectivity index (χ3n) is 5.06. The van der Waals surface area contributed by atoms with Crippen LogP contribution in [0.2, 0.25) is 0 Å². The SMILES string of the molecule is CCOC(=O)[C@@H]1CC2(CCOCC2)CN1C(=O)OCc1ccccc1. The zero-order chi connectivity index (χ0) is 17.7. The van der Waals surface area contributed by atoms with Gasteiger partial charge in [0.2, 0.25) is 0 Å². The van der Waals surface area contributed by atoms with Crippen molar-refractivity contribution in [3.63, 3.8) is 0 Å². The molecule has 136 valence electrons. The maximum Gasteiger partial charge on any atom is 0.410 e. The molecule has 1 spiro atoms. The minimum atomic E-state index is -0.568. The van der Waals surface area contributed by atoms with Crippen molar-refractivity contribution in [2.24, 2.45) is 5.41 Å². The summed E-state index contributed by atoms with van der Waals surface area (Å²) in [6, 6.07) is 8.95. The Hall–Kier alpha value is -2.08. The molecule has 6 heteroatoms. The first-order valence-corrected chi connectivity index (χ1v) is 8.85. The van der Waals surface area contributed by atoms with Crippen LogP contribution in [0.5, 0.6) is 0 Å². The Balaban J connectivity index is 1.69. The molecule has 1 aromatic carbocycles. The highest BCUT2D eigenvalue weighted by Gasteiger charge is 2.50. The number of benzene rings is 1. The van der Waals surface area contributed by atoms with Crippen molar-refractivity contribution in [1.29, 1.82) is 0 Å². The molecule has 0 unspecified atom stereocenters. The molecule has 0 bridgehead atoms. The van der Waals surface area contributed by atoms with E-state index < -0.39 is 12.1 Å². The van der Waals surface area contributed by atoms with Crippen LogP contribution in [0.25, 0.3) is 0 Å². The van der Waals surface area contributed by atoms with Crippen molar-refractivity contribution in [2.45, 2.75) is 38.8 Å². The summed E-state index contributed by atoms with van der Waals surface area (Å²) in [5, 5.41) is 0. The molecule has 0 saturated carbocycles. The van der Waals surface area contributed by atoms with E-state index in [1.807, 2.05) is 30.3 Å². The number of likely N-dealkylation sites (tertiary alicyclic amines) is 1. The van der Waals surface area contributed by atoms with Gasteiger partial charge in [0, 0.05) is 19.8 Å². The van der Waals surface area contributed by atoms with Gasteiger partial charge in [0.15, 0.2) is 0 Å². The van der Waals surface area contributed by atoms with Gasteiger partial charge in [0.25, 0.3) is 0 Å². The first-order valence-electron chi connectivity index (χ1n) is 8.85. The lowest BCUT2D eigenvalue weighted by Crippen LogP contribution is -2.42. The molecule has 2 aliphatic heterocycles. The van der Waals surface area contributed by atoms with Gasteiger partial charge >= 0.3 is 12.1 Å². The van der Waals surface area contributed by atoms with Gasteiger partial charge in [-0.2, -0.15) is 0 Å². The number of carbonyl (C=O) groups excluding carboxylic acids is 2. The second-order valence-corrected chi connectivity index (χ2v) is 6.75. The predicted octanol–water partition coefficient (Wildman–Crippen LogP) is 2.76. The first kappa shape index (κ1) is 17.7. The molecule has 2 fully saturated rings. The van der Waals surface area contributed by atoms with E-state index in [1.165, 1.54) is 0 Å². The molecule has 6 nitrogen and oxygen atoms in total. The minimum Gasteiger partial charge on any atom is -0.464 e. The number of amides is 1. The quantitative estimate of drug-likeness (QED) is 0.784. The Morgan fingerprint density at radius 3 is 2.60 bits per heavy atom. The smallest absolute Gasteiger partial charge is 0.410 e. The van der Waals surface area contributed by atoms with Crippen molar-refractivity contribution < 1.29 is 23.8 Å². The van der Waals surface area contributed by atoms with Gasteiger partial charge in [-0.05, 0) is 37.2 Å². The predicted molar refractivity (Wildman–Crippen MR) is 90.9 cm³/mol. The second-order valence-electron chi connectivity index (χ2n) is 6.75. The maximum atomic E-state index is 12.6. The van der Waals surface area contributed by atoms with Crippen molar-refractivity contribution >= 4 is 12.1 Å². The molecule has 2 saturated heterocycles. The number of hydrogen-bond donors (Lipinski definition) is 0. The first-order chi connectivity index (χ1) is 12.1. The van der Waals surface area contributed by atoms with Gasteiger partial charge in [-0.15, -0.1) is 0 Å². The summed E-state index contributed by atoms with van der Waals surface area (Å²) in [6.45, 7) is 4.13. The lowest BCUT2D eigenvalue weighted by Gasteiger charge is -2.32. The third-order valence-corrected chi connectivity index (χ3v) is 5.06. The van der Waals surface area contributed by atoms with Crippen LogP contribution in [0.3, 0.4) is 0 Å². The number of carbonyl (C=O) groups is 2. The molecule has 0 N–H and O–H groups in total. The number of rotatable bonds is 4. The largest absolute Gasteiger partial charge is 0.464 e. The molecule has 3 rings (SSSR count). The average molecular weight is 347 g/mol. The number of hydrogen-bond acceptors (Lipinski definition) is 5. The second kappa shape index (κ2) is 7.87. The highest BCUT2D eigenvalue weighted by atomic mass is 16.6. The van der Waals surface area contributed by atoms with Crippen LogP contribution in [-0.4, -0.2) is 49.4 Å². The summed E-state index contributed by atoms with van der Waals surface area (Å²) >= 11 is 0. The molecule has 1 atom stereocenters. The fraction of sp³-hybridized carbons (Fsp3) is 0.579. The molecule has 25 heavy (non-hydrogen) atoms. The van der Waals surface area contributed by atoms with Crippen molar-refractivity contribution in [2.75, 3.05) is 26.4 Å². The Morgan fingerprint density at radius 2 is 1.92 bits per heavy atom. The van der Waals surface area contributed by atoms with E-state index in [9.17, 15) is 9.59 Å². The minimum absolute atomic E-state index is 0.0680. The van der Waals surface area contributed by atoms with Crippen LogP contribution >= 0.6 is 0 Å². The van der Waals surface area contributed by atoms with Crippen molar-refractivity contribution in [1.82, 2.24) is 4.90 Å². The van der Waals surface area contributed by atoms with Gasteiger partial charge in [-0.1, -0.05) is 30.3 Å². The maximum absolute atomic E-state index is 12.6. The fourth-order valence-electron chi connectivity index (χ4n) is 3.67. The van der Waals surface area contributed by atoms with Crippen LogP contribution in [0.4, 0.5) is 4.79 Å². The van der Waals surface area contributed by atoms with E-state index in [1.54, 1.807) is 11.8 Å². The van der Waals surface area contributed by atoms with Crippen molar-refractivity contribution in [3.8, 4) is 0 Å². The molecule has 2 heterocycles. The van der Waals surface area contributed by atoms with E-state index in [2.05, 4.69) is 0 Å². The van der Waals surface area contributed by atoms with Gasteiger partial charge in [-0.3, -0.25) is 4.90 Å². The Morgan fingerprint density at radius 1 is 1.20 bits per heavy atom. The lowest BCUT2D eigenvalue weighted by atomic mass is 9.78. The summed E-state index contributed by atoms with van der Waals surface area (Å²) in [4.78, 5) is 26.5. The summed E-state index contributed by atoms with van der Waals surface area (Å²) in [5.74, 6) is -0.345. The Bertz CT molecular complexity index is 597. The Kier molecular flexibility index (Phi) is 5.58. The lowest BCUT2D eigenvalue weighted by molar-refractivity contribution is -0.148. The molecule has 1 aromatic rings. The standard InChI is InChI=1S/C19H25NO5/c1-2-24-17(21)16-12-19(8-10-23-11-9-19)14-20(16)18(22)25-13-15-6-4-3-5-7-15/h3-7,16H,2,8-14H2,1H3/t16-/m0/s1. The molecular formula is C19H25NO5. The van der Waals surface area contributed by atoms with Crippen LogP contribution in [-0.2, 0) is 25.6 Å². The zero-order valence-electron chi connectivity index (χ0n) is 14.6. The van der Waals surface area contributed by atoms with E-state index in [4.69, 9.17) is 14.2 Å².